The molecule has 0 aromatic rings. The van der Waals surface area contributed by atoms with Crippen molar-refractivity contribution in [1.82, 2.24) is 5.32 Å². The fourth-order valence-corrected chi connectivity index (χ4v) is 11.9. The minimum Gasteiger partial charge on any atom is -0.466 e. The smallest absolute Gasteiger partial charge is 0.305 e. The van der Waals surface area contributed by atoms with Crippen molar-refractivity contribution in [2.24, 2.45) is 0 Å². The zero-order valence-electron chi connectivity index (χ0n) is 57.8. The van der Waals surface area contributed by atoms with Crippen molar-refractivity contribution in [2.75, 3.05) is 13.2 Å². The van der Waals surface area contributed by atoms with E-state index in [1.165, 1.54) is 327 Å². The molecule has 1 amide bonds. The normalized spacial score (nSPS) is 12.8. The monoisotopic (exact) mass is 1200 g/mol. The number of hydrogen-bond acceptors (Lipinski definition) is 5. The molecule has 0 radical (unpaired) electrons. The summed E-state index contributed by atoms with van der Waals surface area (Å²) in [7, 11) is 0. The molecule has 0 aliphatic carbocycles. The quantitative estimate of drug-likeness (QED) is 0.0320. The van der Waals surface area contributed by atoms with Gasteiger partial charge in [-0.25, -0.2) is 0 Å². The summed E-state index contributed by atoms with van der Waals surface area (Å²) < 4.78 is 5.47. The van der Waals surface area contributed by atoms with Crippen molar-refractivity contribution >= 4 is 11.9 Å². The van der Waals surface area contributed by atoms with Gasteiger partial charge in [0.15, 0.2) is 0 Å². The SMILES string of the molecule is CCC/C=C\C/C=C\CCCCCCCC(=O)OCCCCCCCCCCC/C=C\C/C=C\CCCCCCCCCCCCCCCCCC(=O)NC(CO)C(O)/C=C/CCCCCCCCCCCCCCCCCCCCCCCCC. The van der Waals surface area contributed by atoms with Crippen LogP contribution < -0.4 is 5.32 Å². The highest BCUT2D eigenvalue weighted by Gasteiger charge is 2.18. The lowest BCUT2D eigenvalue weighted by Crippen LogP contribution is -2.45. The summed E-state index contributed by atoms with van der Waals surface area (Å²) in [5, 5.41) is 23.3. The Morgan fingerprint density at radius 2 is 0.605 bits per heavy atom. The van der Waals surface area contributed by atoms with Gasteiger partial charge in [0.25, 0.3) is 0 Å². The molecule has 0 bridgehead atoms. The number of ether oxygens (including phenoxy) is 1. The number of aliphatic hydroxyl groups is 2. The number of carbonyl (C=O) groups is 2. The molecule has 2 unspecified atom stereocenters. The Balaban J connectivity index is 3.43. The molecule has 6 heteroatoms. The fraction of sp³-hybridized carbons (Fsp3) is 0.850. The lowest BCUT2D eigenvalue weighted by molar-refractivity contribution is -0.143. The highest BCUT2D eigenvalue weighted by molar-refractivity contribution is 5.76. The maximum atomic E-state index is 12.6. The second-order valence-corrected chi connectivity index (χ2v) is 26.3. The third-order valence-electron chi connectivity index (χ3n) is 17.7. The van der Waals surface area contributed by atoms with E-state index in [0.29, 0.717) is 19.4 Å². The zero-order chi connectivity index (χ0) is 62.0. The molecule has 0 spiro atoms. The van der Waals surface area contributed by atoms with Gasteiger partial charge in [-0.3, -0.25) is 9.59 Å². The van der Waals surface area contributed by atoms with Crippen LogP contribution in [0.15, 0.2) is 60.8 Å². The first kappa shape index (κ1) is 83.6. The first-order valence-corrected chi connectivity index (χ1v) is 38.6. The van der Waals surface area contributed by atoms with Gasteiger partial charge in [0, 0.05) is 12.8 Å². The number of esters is 1. The summed E-state index contributed by atoms with van der Waals surface area (Å²) in [5.74, 6) is -0.0658. The highest BCUT2D eigenvalue weighted by Crippen LogP contribution is 2.19. The molecule has 0 aromatic carbocycles. The van der Waals surface area contributed by atoms with Gasteiger partial charge in [-0.15, -0.1) is 0 Å². The van der Waals surface area contributed by atoms with E-state index in [1.807, 2.05) is 6.08 Å². The van der Waals surface area contributed by atoms with Gasteiger partial charge in [-0.05, 0) is 89.9 Å². The lowest BCUT2D eigenvalue weighted by Gasteiger charge is -2.20. The molecular formula is C80H149NO5. The molecule has 3 N–H and O–H groups in total. The molecular weight excluding hydrogens is 1050 g/mol. The lowest BCUT2D eigenvalue weighted by atomic mass is 10.0. The molecule has 0 aromatic heterocycles. The van der Waals surface area contributed by atoms with Crippen LogP contribution in [0.4, 0.5) is 0 Å². The van der Waals surface area contributed by atoms with Crippen molar-refractivity contribution in [3.8, 4) is 0 Å². The number of allylic oxidation sites excluding steroid dienone is 9. The van der Waals surface area contributed by atoms with E-state index in [1.54, 1.807) is 6.08 Å². The number of carbonyl (C=O) groups excluding carboxylic acids is 2. The number of rotatable bonds is 72. The first-order valence-electron chi connectivity index (χ1n) is 38.6. The Hall–Kier alpha value is -2.44. The van der Waals surface area contributed by atoms with Gasteiger partial charge in [0.2, 0.25) is 5.91 Å². The maximum Gasteiger partial charge on any atom is 0.305 e. The molecule has 0 aliphatic rings. The number of unbranched alkanes of at least 4 members (excludes halogenated alkanes) is 53. The predicted molar refractivity (Wildman–Crippen MR) is 379 cm³/mol. The molecule has 2 atom stereocenters. The average Bonchev–Trinajstić information content (AvgIpc) is 3.55. The van der Waals surface area contributed by atoms with Crippen LogP contribution in [0.2, 0.25) is 0 Å². The molecule has 0 heterocycles. The van der Waals surface area contributed by atoms with Gasteiger partial charge in [-0.2, -0.15) is 0 Å². The van der Waals surface area contributed by atoms with Crippen LogP contribution in [-0.4, -0.2) is 47.4 Å². The number of aliphatic hydroxyl groups excluding tert-OH is 2. The minimum atomic E-state index is -0.847. The van der Waals surface area contributed by atoms with Crippen molar-refractivity contribution in [2.45, 2.75) is 424 Å². The summed E-state index contributed by atoms with van der Waals surface area (Å²) >= 11 is 0. The Morgan fingerprint density at radius 1 is 0.326 bits per heavy atom. The summed E-state index contributed by atoms with van der Waals surface area (Å²) in [6.07, 6.45) is 100. The van der Waals surface area contributed by atoms with Crippen molar-refractivity contribution < 1.29 is 24.5 Å². The van der Waals surface area contributed by atoms with Gasteiger partial charge in [-0.1, -0.05) is 370 Å². The fourth-order valence-electron chi connectivity index (χ4n) is 11.9. The zero-order valence-corrected chi connectivity index (χ0v) is 57.8. The highest BCUT2D eigenvalue weighted by atomic mass is 16.5. The molecule has 0 rings (SSSR count). The van der Waals surface area contributed by atoms with Crippen molar-refractivity contribution in [1.29, 1.82) is 0 Å². The second kappa shape index (κ2) is 75.0. The van der Waals surface area contributed by atoms with Crippen molar-refractivity contribution in [3.05, 3.63) is 60.8 Å². The number of hydrogen-bond donors (Lipinski definition) is 3. The van der Waals surface area contributed by atoms with Gasteiger partial charge < -0.3 is 20.3 Å². The van der Waals surface area contributed by atoms with E-state index < -0.39 is 12.1 Å². The Bertz CT molecular complexity index is 1480. The van der Waals surface area contributed by atoms with E-state index in [4.69, 9.17) is 4.74 Å². The van der Waals surface area contributed by atoms with E-state index >= 15 is 0 Å². The molecule has 6 nitrogen and oxygen atoms in total. The predicted octanol–water partition coefficient (Wildman–Crippen LogP) is 25.4. The second-order valence-electron chi connectivity index (χ2n) is 26.3. The third kappa shape index (κ3) is 70.6. The van der Waals surface area contributed by atoms with Crippen LogP contribution in [0.25, 0.3) is 0 Å². The van der Waals surface area contributed by atoms with E-state index in [9.17, 15) is 19.8 Å². The topological polar surface area (TPSA) is 95.9 Å². The van der Waals surface area contributed by atoms with Crippen LogP contribution in [-0.2, 0) is 14.3 Å². The van der Waals surface area contributed by atoms with Gasteiger partial charge in [0.05, 0.1) is 25.4 Å². The summed E-state index contributed by atoms with van der Waals surface area (Å²) in [4.78, 5) is 24.6. The van der Waals surface area contributed by atoms with Crippen molar-refractivity contribution in [3.63, 3.8) is 0 Å². The summed E-state index contributed by atoms with van der Waals surface area (Å²) in [6.45, 7) is 4.87. The van der Waals surface area contributed by atoms with E-state index in [-0.39, 0.29) is 18.5 Å². The minimum absolute atomic E-state index is 0.00246. The summed E-state index contributed by atoms with van der Waals surface area (Å²) in [6, 6.07) is -0.630. The van der Waals surface area contributed by atoms with Crippen LogP contribution in [0, 0.1) is 0 Å². The molecule has 0 saturated carbocycles. The third-order valence-corrected chi connectivity index (χ3v) is 17.7. The first-order chi connectivity index (χ1) is 42.5. The molecule has 0 saturated heterocycles. The van der Waals surface area contributed by atoms with Crippen LogP contribution >= 0.6 is 0 Å². The molecule has 0 fully saturated rings. The van der Waals surface area contributed by atoms with Crippen LogP contribution in [0.1, 0.15) is 412 Å². The Labute approximate surface area is 537 Å². The molecule has 0 aliphatic heterocycles. The average molecular weight is 1210 g/mol. The number of amides is 1. The standard InChI is InChI=1S/C80H149NO5/c1-3-5-7-9-11-13-15-17-18-19-20-21-22-30-33-36-39-42-45-49-52-56-60-64-68-72-78(83)77(76-82)81-79(84)73-69-65-61-57-53-50-46-43-40-37-34-31-28-26-24-23-25-27-29-32-35-38-41-44-47-51-55-59-63-67-71-75-86-80(85)74-70-66-62-58-54-48-16-14-12-10-8-6-4-2/h8,10,14,16,25,27,32,35,68,72,77-78,82-83H,3-7,9,11-13,15,17-24,26,28-31,33-34,36-67,69-71,73-76H2,1-2H3,(H,81,84)/b10-8-,16-14-,27-25-,35-32-,72-68+. The molecule has 504 valence electrons. The Kier molecular flexibility index (Phi) is 72.9. The Morgan fingerprint density at radius 3 is 0.930 bits per heavy atom. The number of nitrogens with one attached hydrogen (secondary N) is 1. The molecule has 86 heavy (non-hydrogen) atoms. The summed E-state index contributed by atoms with van der Waals surface area (Å²) in [5.41, 5.74) is 0. The van der Waals surface area contributed by atoms with E-state index in [0.717, 1.165) is 57.8 Å². The largest absolute Gasteiger partial charge is 0.466 e. The van der Waals surface area contributed by atoms with Gasteiger partial charge in [0.1, 0.15) is 0 Å². The van der Waals surface area contributed by atoms with Crippen LogP contribution in [0.5, 0.6) is 0 Å². The van der Waals surface area contributed by atoms with Crippen LogP contribution in [0.3, 0.4) is 0 Å². The van der Waals surface area contributed by atoms with E-state index in [2.05, 4.69) is 67.8 Å². The maximum absolute atomic E-state index is 12.6. The van der Waals surface area contributed by atoms with Gasteiger partial charge >= 0.3 is 5.97 Å².